The third-order valence-electron chi connectivity index (χ3n) is 2.56. The SMILES string of the molecule is CCCNc1ncc(Br)cc1C(=O)NCCC(=O)NC. The zero-order valence-corrected chi connectivity index (χ0v) is 13.2. The number of hydrogen-bond donors (Lipinski definition) is 3. The van der Waals surface area contributed by atoms with Crippen LogP contribution >= 0.6 is 15.9 Å². The number of anilines is 1. The molecule has 2 amide bonds. The van der Waals surface area contributed by atoms with Gasteiger partial charge in [0.15, 0.2) is 0 Å². The monoisotopic (exact) mass is 342 g/mol. The van der Waals surface area contributed by atoms with Gasteiger partial charge in [-0.2, -0.15) is 0 Å². The number of carbonyl (C=O) groups excluding carboxylic acids is 2. The lowest BCUT2D eigenvalue weighted by Gasteiger charge is -2.11. The summed E-state index contributed by atoms with van der Waals surface area (Å²) >= 11 is 3.30. The second-order valence-electron chi connectivity index (χ2n) is 4.16. The maximum Gasteiger partial charge on any atom is 0.255 e. The molecule has 0 fully saturated rings. The molecule has 0 aliphatic carbocycles. The van der Waals surface area contributed by atoms with E-state index in [1.807, 2.05) is 6.92 Å². The smallest absolute Gasteiger partial charge is 0.255 e. The Morgan fingerprint density at radius 2 is 2.10 bits per heavy atom. The Balaban J connectivity index is 2.69. The molecule has 0 radical (unpaired) electrons. The first kappa shape index (κ1) is 16.4. The summed E-state index contributed by atoms with van der Waals surface area (Å²) < 4.78 is 0.732. The van der Waals surface area contributed by atoms with Gasteiger partial charge in [-0.25, -0.2) is 4.98 Å². The van der Waals surface area contributed by atoms with E-state index in [4.69, 9.17) is 0 Å². The van der Waals surface area contributed by atoms with Crippen LogP contribution in [-0.4, -0.2) is 36.9 Å². The first-order chi connectivity index (χ1) is 9.58. The molecule has 0 aromatic carbocycles. The van der Waals surface area contributed by atoms with E-state index in [2.05, 4.69) is 36.9 Å². The van der Waals surface area contributed by atoms with Crippen LogP contribution in [0.15, 0.2) is 16.7 Å². The number of nitrogens with zero attached hydrogens (tertiary/aromatic N) is 1. The van der Waals surface area contributed by atoms with Crippen LogP contribution in [0.4, 0.5) is 5.82 Å². The van der Waals surface area contributed by atoms with Crippen molar-refractivity contribution in [3.05, 3.63) is 22.3 Å². The molecule has 1 rings (SSSR count). The van der Waals surface area contributed by atoms with Gasteiger partial charge in [-0.05, 0) is 28.4 Å². The molecule has 0 bridgehead atoms. The van der Waals surface area contributed by atoms with Crippen LogP contribution in [0.25, 0.3) is 0 Å². The summed E-state index contributed by atoms with van der Waals surface area (Å²) in [6, 6.07) is 1.71. The number of rotatable bonds is 7. The Bertz CT molecular complexity index is 479. The molecule has 6 nitrogen and oxygen atoms in total. The van der Waals surface area contributed by atoms with Gasteiger partial charge >= 0.3 is 0 Å². The van der Waals surface area contributed by atoms with E-state index < -0.39 is 0 Å². The van der Waals surface area contributed by atoms with Crippen molar-refractivity contribution in [3.8, 4) is 0 Å². The van der Waals surface area contributed by atoms with Crippen molar-refractivity contribution in [2.45, 2.75) is 19.8 Å². The van der Waals surface area contributed by atoms with Gasteiger partial charge in [0.25, 0.3) is 5.91 Å². The van der Waals surface area contributed by atoms with E-state index in [0.717, 1.165) is 17.4 Å². The van der Waals surface area contributed by atoms with E-state index in [9.17, 15) is 9.59 Å². The van der Waals surface area contributed by atoms with Crippen LogP contribution in [0, 0.1) is 0 Å². The lowest BCUT2D eigenvalue weighted by molar-refractivity contribution is -0.120. The number of hydrogen-bond acceptors (Lipinski definition) is 4. The van der Waals surface area contributed by atoms with Crippen molar-refractivity contribution in [2.24, 2.45) is 0 Å². The standard InChI is InChI=1S/C13H19BrN4O2/c1-3-5-16-12-10(7-9(14)8-18-12)13(20)17-6-4-11(19)15-2/h7-8H,3-6H2,1-2H3,(H,15,19)(H,16,18)(H,17,20). The van der Waals surface area contributed by atoms with Gasteiger partial charge in [0.2, 0.25) is 5.91 Å². The highest BCUT2D eigenvalue weighted by atomic mass is 79.9. The maximum absolute atomic E-state index is 12.1. The minimum Gasteiger partial charge on any atom is -0.369 e. The molecular weight excluding hydrogens is 324 g/mol. The molecule has 0 atom stereocenters. The largest absolute Gasteiger partial charge is 0.369 e. The third kappa shape index (κ3) is 5.16. The molecular formula is C13H19BrN4O2. The van der Waals surface area contributed by atoms with Crippen LogP contribution in [0.1, 0.15) is 30.1 Å². The third-order valence-corrected chi connectivity index (χ3v) is 2.99. The van der Waals surface area contributed by atoms with Crippen LogP contribution in [-0.2, 0) is 4.79 Å². The fourth-order valence-corrected chi connectivity index (χ4v) is 1.84. The van der Waals surface area contributed by atoms with E-state index in [-0.39, 0.29) is 24.8 Å². The second kappa shape index (κ2) is 8.52. The predicted octanol–water partition coefficient (Wildman–Crippen LogP) is 1.53. The van der Waals surface area contributed by atoms with Crippen molar-refractivity contribution in [1.82, 2.24) is 15.6 Å². The lowest BCUT2D eigenvalue weighted by Crippen LogP contribution is -2.29. The number of aromatic nitrogens is 1. The molecule has 1 heterocycles. The van der Waals surface area contributed by atoms with E-state index in [0.29, 0.717) is 11.4 Å². The summed E-state index contributed by atoms with van der Waals surface area (Å²) in [5.74, 6) is 0.191. The lowest BCUT2D eigenvalue weighted by atomic mass is 10.2. The zero-order valence-electron chi connectivity index (χ0n) is 11.6. The summed E-state index contributed by atoms with van der Waals surface area (Å²) in [7, 11) is 1.56. The summed E-state index contributed by atoms with van der Waals surface area (Å²) in [5, 5.41) is 8.32. The van der Waals surface area contributed by atoms with Crippen molar-refractivity contribution in [2.75, 3.05) is 25.5 Å². The molecule has 0 saturated heterocycles. The number of halogens is 1. The maximum atomic E-state index is 12.1. The average molecular weight is 343 g/mol. The fourth-order valence-electron chi connectivity index (χ4n) is 1.51. The van der Waals surface area contributed by atoms with Crippen molar-refractivity contribution in [3.63, 3.8) is 0 Å². The minimum atomic E-state index is -0.249. The van der Waals surface area contributed by atoms with Gasteiger partial charge in [-0.1, -0.05) is 6.92 Å². The highest BCUT2D eigenvalue weighted by molar-refractivity contribution is 9.10. The number of carbonyl (C=O) groups is 2. The average Bonchev–Trinajstić information content (AvgIpc) is 2.45. The summed E-state index contributed by atoms with van der Waals surface area (Å²) in [5.41, 5.74) is 0.463. The van der Waals surface area contributed by atoms with Gasteiger partial charge in [-0.15, -0.1) is 0 Å². The molecule has 0 saturated carbocycles. The molecule has 1 aromatic rings. The highest BCUT2D eigenvalue weighted by Crippen LogP contribution is 2.18. The van der Waals surface area contributed by atoms with E-state index in [1.54, 1.807) is 19.3 Å². The van der Waals surface area contributed by atoms with Crippen LogP contribution < -0.4 is 16.0 Å². The molecule has 3 N–H and O–H groups in total. The summed E-state index contributed by atoms with van der Waals surface area (Å²) in [4.78, 5) is 27.4. The molecule has 20 heavy (non-hydrogen) atoms. The number of pyridine rings is 1. The molecule has 0 spiro atoms. The van der Waals surface area contributed by atoms with Crippen LogP contribution in [0.2, 0.25) is 0 Å². The normalized spacial score (nSPS) is 9.95. The number of nitrogens with one attached hydrogen (secondary N) is 3. The predicted molar refractivity (Wildman–Crippen MR) is 81.7 cm³/mol. The molecule has 0 aliphatic rings. The van der Waals surface area contributed by atoms with Gasteiger partial charge in [0, 0.05) is 37.2 Å². The van der Waals surface area contributed by atoms with Gasteiger partial charge in [-0.3, -0.25) is 9.59 Å². The second-order valence-corrected chi connectivity index (χ2v) is 5.07. The van der Waals surface area contributed by atoms with E-state index >= 15 is 0 Å². The summed E-state index contributed by atoms with van der Waals surface area (Å²) in [6.45, 7) is 3.07. The zero-order chi connectivity index (χ0) is 15.0. The first-order valence-electron chi connectivity index (χ1n) is 6.46. The van der Waals surface area contributed by atoms with Crippen LogP contribution in [0.5, 0.6) is 0 Å². The fraction of sp³-hybridized carbons (Fsp3) is 0.462. The van der Waals surface area contributed by atoms with Gasteiger partial charge in [0.05, 0.1) is 5.56 Å². The Kier molecular flexibility index (Phi) is 7.00. The molecule has 0 aliphatic heterocycles. The Labute approximate surface area is 126 Å². The molecule has 0 unspecified atom stereocenters. The van der Waals surface area contributed by atoms with Gasteiger partial charge < -0.3 is 16.0 Å². The van der Waals surface area contributed by atoms with Crippen LogP contribution in [0.3, 0.4) is 0 Å². The van der Waals surface area contributed by atoms with Crippen molar-refractivity contribution in [1.29, 1.82) is 0 Å². The number of amides is 2. The Morgan fingerprint density at radius 3 is 2.75 bits per heavy atom. The minimum absolute atomic E-state index is 0.109. The highest BCUT2D eigenvalue weighted by Gasteiger charge is 2.13. The topological polar surface area (TPSA) is 83.1 Å². The Morgan fingerprint density at radius 1 is 1.35 bits per heavy atom. The van der Waals surface area contributed by atoms with E-state index in [1.165, 1.54) is 0 Å². The first-order valence-corrected chi connectivity index (χ1v) is 7.26. The quantitative estimate of drug-likeness (QED) is 0.701. The van der Waals surface area contributed by atoms with Gasteiger partial charge in [0.1, 0.15) is 5.82 Å². The molecule has 1 aromatic heterocycles. The summed E-state index contributed by atoms with van der Waals surface area (Å²) in [6.07, 6.45) is 2.83. The van der Waals surface area contributed by atoms with Crippen molar-refractivity contribution < 1.29 is 9.59 Å². The molecule has 110 valence electrons. The molecule has 7 heteroatoms. The van der Waals surface area contributed by atoms with Crippen molar-refractivity contribution >= 4 is 33.6 Å². The Hall–Kier alpha value is -1.63.